The van der Waals surface area contributed by atoms with Gasteiger partial charge < -0.3 is 26.1 Å². The summed E-state index contributed by atoms with van der Waals surface area (Å²) in [5.74, 6) is 0.613. The smallest absolute Gasteiger partial charge is 0.270 e. The summed E-state index contributed by atoms with van der Waals surface area (Å²) in [6, 6.07) is 8.51. The van der Waals surface area contributed by atoms with Crippen molar-refractivity contribution in [2.75, 3.05) is 43.2 Å². The Bertz CT molecular complexity index is 1190. The molecule has 1 aromatic carbocycles. The average molecular weight is 571 g/mol. The summed E-state index contributed by atoms with van der Waals surface area (Å²) in [5.41, 5.74) is 4.04. The summed E-state index contributed by atoms with van der Waals surface area (Å²) in [6.07, 6.45) is 13.5. The monoisotopic (exact) mass is 570 g/mol. The zero-order valence-corrected chi connectivity index (χ0v) is 25.6. The molecule has 40 heavy (non-hydrogen) atoms. The number of hydrogen-bond acceptors (Lipinski definition) is 6. The van der Waals surface area contributed by atoms with Gasteiger partial charge in [-0.15, -0.1) is 0 Å². The van der Waals surface area contributed by atoms with Crippen LogP contribution >= 0.6 is 10.0 Å². The number of benzene rings is 1. The zero-order valence-electron chi connectivity index (χ0n) is 24.8. The summed E-state index contributed by atoms with van der Waals surface area (Å²) < 4.78 is 7.27. The molecule has 0 saturated heterocycles. The molecule has 0 radical (unpaired) electrons. The van der Waals surface area contributed by atoms with Gasteiger partial charge in [-0.25, -0.2) is 10.0 Å². The lowest BCUT2D eigenvalue weighted by atomic mass is 9.83. The van der Waals surface area contributed by atoms with E-state index in [-0.39, 0.29) is 17.7 Å². The van der Waals surface area contributed by atoms with Crippen LogP contribution < -0.4 is 16.0 Å². The van der Waals surface area contributed by atoms with Crippen LogP contribution in [0.1, 0.15) is 62.0 Å². The number of carbonyl (C=O) groups is 2. The molecule has 0 spiro atoms. The van der Waals surface area contributed by atoms with E-state index in [1.165, 1.54) is 4.68 Å². The third-order valence-corrected chi connectivity index (χ3v) is 8.61. The first-order valence-corrected chi connectivity index (χ1v) is 16.9. The minimum atomic E-state index is -0.631. The number of nitrogens with one attached hydrogen (secondary N) is 4. The van der Waals surface area contributed by atoms with Gasteiger partial charge in [-0.3, -0.25) is 14.3 Å². The number of allylic oxidation sites excluding steroid dienone is 2. The normalized spacial score (nSPS) is 16.1. The van der Waals surface area contributed by atoms with Crippen molar-refractivity contribution in [2.45, 2.75) is 52.0 Å². The molecule has 1 aliphatic carbocycles. The SMILES string of the molecule is CC(=N)/C(=C(/C)NCOCCS(C)(C)C)c1ccc(NC(=O)C(NC(=O)c2ccnn2C)C2CCCCC2)cc1. The molecule has 9 nitrogen and oxygen atoms in total. The summed E-state index contributed by atoms with van der Waals surface area (Å²) in [6.45, 7) is 4.80. The highest BCUT2D eigenvalue weighted by atomic mass is 32.3. The number of ether oxygens (including phenoxy) is 1. The van der Waals surface area contributed by atoms with Gasteiger partial charge in [0.25, 0.3) is 5.91 Å². The Kier molecular flexibility index (Phi) is 11.4. The first-order valence-electron chi connectivity index (χ1n) is 13.9. The molecule has 0 bridgehead atoms. The van der Waals surface area contributed by atoms with E-state index in [1.54, 1.807) is 26.2 Å². The summed E-state index contributed by atoms with van der Waals surface area (Å²) in [7, 11) is 1.12. The van der Waals surface area contributed by atoms with Crippen LogP contribution in [-0.4, -0.2) is 71.2 Å². The van der Waals surface area contributed by atoms with Crippen molar-refractivity contribution in [3.05, 3.63) is 53.5 Å². The van der Waals surface area contributed by atoms with Crippen molar-refractivity contribution in [3.63, 3.8) is 0 Å². The third kappa shape index (κ3) is 9.23. The Morgan fingerprint density at radius 2 is 1.77 bits per heavy atom. The molecule has 0 aliphatic heterocycles. The molecular formula is C30H46N6O3S. The largest absolute Gasteiger partial charge is 0.366 e. The Morgan fingerprint density at radius 1 is 1.10 bits per heavy atom. The first-order chi connectivity index (χ1) is 19.0. The predicted octanol–water partition coefficient (Wildman–Crippen LogP) is 4.77. The van der Waals surface area contributed by atoms with Gasteiger partial charge in [-0.1, -0.05) is 31.4 Å². The molecule has 2 amide bonds. The lowest BCUT2D eigenvalue weighted by Gasteiger charge is -2.30. The third-order valence-electron chi connectivity index (χ3n) is 7.21. The van der Waals surface area contributed by atoms with E-state index >= 15 is 0 Å². The van der Waals surface area contributed by atoms with Crippen LogP contribution in [0.25, 0.3) is 5.57 Å². The fourth-order valence-electron chi connectivity index (χ4n) is 4.96. The number of hydrogen-bond donors (Lipinski definition) is 4. The molecule has 1 fully saturated rings. The number of nitrogens with zero attached hydrogens (tertiary/aromatic N) is 2. The maximum absolute atomic E-state index is 13.5. The van der Waals surface area contributed by atoms with E-state index in [2.05, 4.69) is 39.8 Å². The lowest BCUT2D eigenvalue weighted by Crippen LogP contribution is -2.49. The molecule has 10 heteroatoms. The van der Waals surface area contributed by atoms with Crippen LogP contribution in [0, 0.1) is 11.3 Å². The van der Waals surface area contributed by atoms with Gasteiger partial charge in [0.1, 0.15) is 18.5 Å². The Labute approximate surface area is 240 Å². The molecule has 1 aromatic heterocycles. The van der Waals surface area contributed by atoms with E-state index in [0.717, 1.165) is 54.7 Å². The van der Waals surface area contributed by atoms with E-state index in [9.17, 15) is 9.59 Å². The Hall–Kier alpha value is -3.11. The van der Waals surface area contributed by atoms with Crippen molar-refractivity contribution in [1.29, 1.82) is 5.41 Å². The van der Waals surface area contributed by atoms with Crippen LogP contribution in [0.4, 0.5) is 5.69 Å². The Morgan fingerprint density at radius 3 is 2.35 bits per heavy atom. The number of carbonyl (C=O) groups excluding carboxylic acids is 2. The van der Waals surface area contributed by atoms with Crippen LogP contribution in [0.3, 0.4) is 0 Å². The maximum atomic E-state index is 13.5. The van der Waals surface area contributed by atoms with Crippen LogP contribution in [0.2, 0.25) is 0 Å². The Balaban J connectivity index is 1.68. The van der Waals surface area contributed by atoms with E-state index < -0.39 is 16.1 Å². The van der Waals surface area contributed by atoms with Gasteiger partial charge in [0.2, 0.25) is 5.91 Å². The molecule has 1 unspecified atom stereocenters. The highest BCUT2D eigenvalue weighted by molar-refractivity contribution is 8.32. The standard InChI is InChI=1S/C30H46N6O3S/c1-21(31)27(22(2)32-20-39-18-19-40(4,5)6)23-12-14-25(15-13-23)34-30(38)28(24-10-8-7-9-11-24)35-29(37)26-16-17-33-36(26)3/h12-17,24,28,31-32H,7-11,18-20H2,1-6H3,(H,34,38)(H,35,37)/b27-22+,31-21?. The topological polar surface area (TPSA) is 121 Å². The fraction of sp³-hybridized carbons (Fsp3) is 0.533. The summed E-state index contributed by atoms with van der Waals surface area (Å²) in [4.78, 5) is 26.4. The van der Waals surface area contributed by atoms with Gasteiger partial charge in [0.05, 0.1) is 6.61 Å². The highest BCUT2D eigenvalue weighted by Crippen LogP contribution is 2.33. The van der Waals surface area contributed by atoms with Crippen molar-refractivity contribution < 1.29 is 14.3 Å². The number of amides is 2. The zero-order chi connectivity index (χ0) is 29.3. The molecule has 1 aliphatic rings. The average Bonchev–Trinajstić information content (AvgIpc) is 3.33. The molecule has 3 rings (SSSR count). The lowest BCUT2D eigenvalue weighted by molar-refractivity contribution is -0.119. The van der Waals surface area contributed by atoms with E-state index in [4.69, 9.17) is 10.1 Å². The van der Waals surface area contributed by atoms with Crippen molar-refractivity contribution in [1.82, 2.24) is 20.4 Å². The van der Waals surface area contributed by atoms with E-state index in [0.29, 0.717) is 30.4 Å². The van der Waals surface area contributed by atoms with Gasteiger partial charge in [0.15, 0.2) is 0 Å². The second kappa shape index (κ2) is 14.5. The van der Waals surface area contributed by atoms with Crippen molar-refractivity contribution in [3.8, 4) is 0 Å². The van der Waals surface area contributed by atoms with Crippen LogP contribution in [-0.2, 0) is 16.6 Å². The molecule has 2 aromatic rings. The fourth-order valence-corrected chi connectivity index (χ4v) is 5.58. The number of aryl methyl sites for hydroxylation is 1. The molecule has 1 heterocycles. The molecule has 4 N–H and O–H groups in total. The van der Waals surface area contributed by atoms with E-state index in [1.807, 2.05) is 31.2 Å². The summed E-state index contributed by atoms with van der Waals surface area (Å²) in [5, 5.41) is 21.7. The number of aromatic nitrogens is 2. The molecule has 1 atom stereocenters. The molecular weight excluding hydrogens is 524 g/mol. The minimum Gasteiger partial charge on any atom is -0.366 e. The van der Waals surface area contributed by atoms with Gasteiger partial charge in [-0.05, 0) is 75.1 Å². The molecule has 1 saturated carbocycles. The predicted molar refractivity (Wildman–Crippen MR) is 166 cm³/mol. The highest BCUT2D eigenvalue weighted by Gasteiger charge is 2.32. The minimum absolute atomic E-state index is 0.0843. The first kappa shape index (κ1) is 31.4. The van der Waals surface area contributed by atoms with Crippen LogP contribution in [0.15, 0.2) is 42.2 Å². The summed E-state index contributed by atoms with van der Waals surface area (Å²) >= 11 is 0. The number of anilines is 1. The maximum Gasteiger partial charge on any atom is 0.270 e. The van der Waals surface area contributed by atoms with Crippen molar-refractivity contribution >= 4 is 38.8 Å². The van der Waals surface area contributed by atoms with Gasteiger partial charge in [0, 0.05) is 41.7 Å². The molecule has 220 valence electrons. The number of rotatable bonds is 13. The van der Waals surface area contributed by atoms with Gasteiger partial charge in [-0.2, -0.15) is 5.10 Å². The second-order valence-corrected chi connectivity index (χ2v) is 16.0. The van der Waals surface area contributed by atoms with Gasteiger partial charge >= 0.3 is 0 Å². The van der Waals surface area contributed by atoms with Crippen molar-refractivity contribution in [2.24, 2.45) is 13.0 Å². The van der Waals surface area contributed by atoms with Crippen LogP contribution in [0.5, 0.6) is 0 Å². The second-order valence-electron chi connectivity index (χ2n) is 11.4. The quantitative estimate of drug-likeness (QED) is 0.157.